The normalized spacial score (nSPS) is 21.7. The van der Waals surface area contributed by atoms with Gasteiger partial charge in [-0.25, -0.2) is 19.3 Å². The van der Waals surface area contributed by atoms with Crippen LogP contribution in [0.25, 0.3) is 0 Å². The minimum absolute atomic E-state index is 0.216. The summed E-state index contributed by atoms with van der Waals surface area (Å²) in [6, 6.07) is -2.01. The van der Waals surface area contributed by atoms with Crippen LogP contribution < -0.4 is 16.4 Å². The summed E-state index contributed by atoms with van der Waals surface area (Å²) in [4.78, 5) is 53.0. The Morgan fingerprint density at radius 2 is 1.73 bits per heavy atom. The van der Waals surface area contributed by atoms with Crippen LogP contribution in [-0.2, 0) is 9.59 Å². The predicted octanol–water partition coefficient (Wildman–Crippen LogP) is -0.0566. The number of hydrogen-bond acceptors (Lipinski definition) is 6. The average Bonchev–Trinajstić information content (AvgIpc) is 2.63. The zero-order chi connectivity index (χ0) is 22.6. The summed E-state index contributed by atoms with van der Waals surface area (Å²) in [7, 11) is 0. The molecule has 2 saturated heterocycles. The van der Waals surface area contributed by atoms with E-state index in [4.69, 9.17) is 5.73 Å². The van der Waals surface area contributed by atoms with Gasteiger partial charge in [-0.1, -0.05) is 6.58 Å². The maximum Gasteiger partial charge on any atom is 0.327 e. The van der Waals surface area contributed by atoms with Crippen LogP contribution in [0.3, 0.4) is 0 Å². The molecule has 11 heteroatoms. The monoisotopic (exact) mass is 424 g/mol. The van der Waals surface area contributed by atoms with Gasteiger partial charge in [0.25, 0.3) is 0 Å². The Kier molecular flexibility index (Phi) is 7.16. The lowest BCUT2D eigenvalue weighted by Gasteiger charge is -2.46. The number of β-lactam (4-membered cyclic amide) rings is 1. The second kappa shape index (κ2) is 9.23. The summed E-state index contributed by atoms with van der Waals surface area (Å²) < 4.78 is 0. The first kappa shape index (κ1) is 23.3. The number of urea groups is 2. The maximum absolute atomic E-state index is 12.8. The Morgan fingerprint density at radius 1 is 1.17 bits per heavy atom. The summed E-state index contributed by atoms with van der Waals surface area (Å²) in [5.74, 6) is -2.12. The summed E-state index contributed by atoms with van der Waals surface area (Å²) in [5.41, 5.74) is 5.04. The lowest BCUT2D eigenvalue weighted by atomic mass is 9.83. The van der Waals surface area contributed by atoms with Crippen LogP contribution in [0, 0.1) is 5.92 Å². The maximum atomic E-state index is 12.8. The van der Waals surface area contributed by atoms with Gasteiger partial charge in [-0.05, 0) is 33.6 Å². The van der Waals surface area contributed by atoms with E-state index in [0.717, 1.165) is 4.90 Å². The summed E-state index contributed by atoms with van der Waals surface area (Å²) in [5, 5.41) is 15.2. The fourth-order valence-corrected chi connectivity index (χ4v) is 3.55. The molecule has 2 rings (SSSR count). The Bertz CT molecular complexity index is 711. The van der Waals surface area contributed by atoms with Crippen molar-refractivity contribution in [3.63, 3.8) is 0 Å². The second-order valence-corrected chi connectivity index (χ2v) is 8.63. The molecule has 2 fully saturated rings. The first-order chi connectivity index (χ1) is 13.9. The number of amides is 5. The second-order valence-electron chi connectivity index (χ2n) is 8.63. The van der Waals surface area contributed by atoms with Crippen LogP contribution in [0.5, 0.6) is 0 Å². The van der Waals surface area contributed by atoms with E-state index in [0.29, 0.717) is 38.3 Å². The molecule has 5 N–H and O–H groups in total. The van der Waals surface area contributed by atoms with Crippen LogP contribution in [0.2, 0.25) is 0 Å². The third kappa shape index (κ3) is 5.55. The molecule has 0 aromatic heterocycles. The Morgan fingerprint density at radius 3 is 2.23 bits per heavy atom. The molecule has 30 heavy (non-hydrogen) atoms. The average molecular weight is 425 g/mol. The van der Waals surface area contributed by atoms with Crippen LogP contribution in [-0.4, -0.2) is 88.0 Å². The van der Waals surface area contributed by atoms with Crippen molar-refractivity contribution in [1.82, 2.24) is 25.3 Å². The molecular weight excluding hydrogens is 392 g/mol. The number of carboxylic acid groups (broad SMARTS) is 1. The van der Waals surface area contributed by atoms with Gasteiger partial charge in [0.1, 0.15) is 0 Å². The Balaban J connectivity index is 1.90. The molecule has 11 nitrogen and oxygen atoms in total. The fourth-order valence-electron chi connectivity index (χ4n) is 3.55. The molecule has 0 saturated carbocycles. The molecule has 0 aromatic carbocycles. The highest BCUT2D eigenvalue weighted by Crippen LogP contribution is 2.32. The number of nitrogens with zero attached hydrogens (tertiary/aromatic N) is 3. The van der Waals surface area contributed by atoms with E-state index >= 15 is 0 Å². The van der Waals surface area contributed by atoms with Crippen LogP contribution in [0.4, 0.5) is 9.59 Å². The van der Waals surface area contributed by atoms with Gasteiger partial charge in [0, 0.05) is 38.3 Å². The molecule has 2 aliphatic heterocycles. The van der Waals surface area contributed by atoms with E-state index in [-0.39, 0.29) is 24.7 Å². The van der Waals surface area contributed by atoms with Crippen LogP contribution in [0.15, 0.2) is 12.4 Å². The lowest BCUT2D eigenvalue weighted by molar-refractivity contribution is -0.167. The number of piperazine rings is 1. The third-order valence-corrected chi connectivity index (χ3v) is 5.04. The molecule has 5 amide bonds. The molecule has 0 aliphatic carbocycles. The number of carbonyl (C=O) groups is 4. The standard InChI is InChI=1S/C19H32N6O5/c1-12(20)21-7-5-6-13-14(16(27)28)25(15(13)26)18(30)24-10-8-23(9-11-24)17(29)22-19(2,3)4/h13-14,21H,1,5-11,20H2,2-4H3,(H,22,29)(H,27,28)/t13-,14?/m1/s1. The summed E-state index contributed by atoms with van der Waals surface area (Å²) in [6.45, 7) is 10.7. The quantitative estimate of drug-likeness (QED) is 0.345. The topological polar surface area (TPSA) is 148 Å². The van der Waals surface area contributed by atoms with E-state index in [9.17, 15) is 24.3 Å². The first-order valence-electron chi connectivity index (χ1n) is 10.0. The number of carbonyl (C=O) groups excluding carboxylic acids is 3. The Hall–Kier alpha value is -2.98. The number of imide groups is 1. The third-order valence-electron chi connectivity index (χ3n) is 5.04. The number of likely N-dealkylation sites (tertiary alicyclic amines) is 1. The van der Waals surface area contributed by atoms with Crippen LogP contribution in [0.1, 0.15) is 33.6 Å². The van der Waals surface area contributed by atoms with E-state index < -0.39 is 29.9 Å². The Labute approximate surface area is 176 Å². The number of aliphatic carboxylic acids is 1. The van der Waals surface area contributed by atoms with Crippen LogP contribution >= 0.6 is 0 Å². The van der Waals surface area contributed by atoms with Gasteiger partial charge in [-0.15, -0.1) is 0 Å². The number of nitrogens with two attached hydrogens (primary N) is 1. The van der Waals surface area contributed by atoms with Crippen molar-refractivity contribution in [2.24, 2.45) is 11.7 Å². The highest BCUT2D eigenvalue weighted by Gasteiger charge is 2.55. The molecule has 168 valence electrons. The molecule has 0 radical (unpaired) electrons. The van der Waals surface area contributed by atoms with E-state index in [1.54, 1.807) is 4.90 Å². The molecule has 0 aromatic rings. The van der Waals surface area contributed by atoms with Crippen molar-refractivity contribution in [3.05, 3.63) is 12.4 Å². The van der Waals surface area contributed by atoms with Gasteiger partial charge in [-0.2, -0.15) is 0 Å². The summed E-state index contributed by atoms with van der Waals surface area (Å²) in [6.07, 6.45) is 0.862. The zero-order valence-electron chi connectivity index (χ0n) is 17.8. The number of nitrogens with one attached hydrogen (secondary N) is 2. The number of carboxylic acids is 1. The SMILES string of the molecule is C=C(N)NCCC[C@H]1C(=O)N(C(=O)N2CCN(C(=O)NC(C)(C)C)CC2)C1C(=O)O. The molecule has 1 unspecified atom stereocenters. The fraction of sp³-hybridized carbons (Fsp3) is 0.684. The highest BCUT2D eigenvalue weighted by atomic mass is 16.4. The van der Waals surface area contributed by atoms with Crippen molar-refractivity contribution in [2.75, 3.05) is 32.7 Å². The first-order valence-corrected chi connectivity index (χ1v) is 10.0. The van der Waals surface area contributed by atoms with Crippen molar-refractivity contribution in [3.8, 4) is 0 Å². The predicted molar refractivity (Wildman–Crippen MR) is 109 cm³/mol. The van der Waals surface area contributed by atoms with Gasteiger partial charge in [0.2, 0.25) is 5.91 Å². The number of hydrogen-bond donors (Lipinski definition) is 4. The van der Waals surface area contributed by atoms with Crippen molar-refractivity contribution < 1.29 is 24.3 Å². The minimum atomic E-state index is -1.20. The molecule has 0 bridgehead atoms. The lowest BCUT2D eigenvalue weighted by Crippen LogP contribution is -2.69. The van der Waals surface area contributed by atoms with Gasteiger partial charge in [0.05, 0.1) is 11.7 Å². The zero-order valence-corrected chi connectivity index (χ0v) is 17.8. The largest absolute Gasteiger partial charge is 0.480 e. The smallest absolute Gasteiger partial charge is 0.327 e. The molecular formula is C19H32N6O5. The van der Waals surface area contributed by atoms with E-state index in [2.05, 4.69) is 17.2 Å². The number of rotatable bonds is 6. The van der Waals surface area contributed by atoms with Crippen molar-refractivity contribution >= 4 is 23.9 Å². The highest BCUT2D eigenvalue weighted by molar-refractivity contribution is 6.07. The molecule has 2 aliphatic rings. The van der Waals surface area contributed by atoms with E-state index in [1.165, 1.54) is 4.90 Å². The van der Waals surface area contributed by atoms with Gasteiger partial charge in [-0.3, -0.25) is 4.79 Å². The van der Waals surface area contributed by atoms with Gasteiger partial charge < -0.3 is 31.3 Å². The summed E-state index contributed by atoms with van der Waals surface area (Å²) >= 11 is 0. The molecule has 0 spiro atoms. The minimum Gasteiger partial charge on any atom is -0.480 e. The van der Waals surface area contributed by atoms with Crippen molar-refractivity contribution in [2.45, 2.75) is 45.2 Å². The molecule has 2 atom stereocenters. The van der Waals surface area contributed by atoms with Gasteiger partial charge in [0.15, 0.2) is 6.04 Å². The van der Waals surface area contributed by atoms with Gasteiger partial charge >= 0.3 is 18.0 Å². The molecule has 2 heterocycles. The van der Waals surface area contributed by atoms with Crippen molar-refractivity contribution in [1.29, 1.82) is 0 Å². The van der Waals surface area contributed by atoms with E-state index in [1.807, 2.05) is 20.8 Å².